The highest BCUT2D eigenvalue weighted by Crippen LogP contribution is 2.22. The molecule has 2 rings (SSSR count). The van der Waals surface area contributed by atoms with Crippen LogP contribution >= 0.6 is 0 Å². The number of likely N-dealkylation sites (N-methyl/N-ethyl adjacent to an activating group) is 1. The van der Waals surface area contributed by atoms with Crippen molar-refractivity contribution in [3.63, 3.8) is 0 Å². The lowest BCUT2D eigenvalue weighted by molar-refractivity contribution is -0.135. The Morgan fingerprint density at radius 2 is 1.67 bits per heavy atom. The van der Waals surface area contributed by atoms with Crippen molar-refractivity contribution in [1.82, 2.24) is 9.80 Å². The van der Waals surface area contributed by atoms with Crippen LogP contribution in [-0.2, 0) is 14.6 Å². The summed E-state index contributed by atoms with van der Waals surface area (Å²) in [5, 5.41) is 0. The monoisotopic (exact) mass is 316 g/mol. The van der Waals surface area contributed by atoms with Crippen molar-refractivity contribution >= 4 is 15.7 Å². The summed E-state index contributed by atoms with van der Waals surface area (Å²) >= 11 is 0. The van der Waals surface area contributed by atoms with Gasteiger partial charge in [0, 0.05) is 19.1 Å². The van der Waals surface area contributed by atoms with Gasteiger partial charge in [-0.1, -0.05) is 13.8 Å². The standard InChI is InChI=1S/C15H28N2O3S/c1-12-8-13(2)10-17(9-12)15(18)11-16(3)14-4-6-21(19,20)7-5-14/h12-14H,4-11H2,1-3H3. The Morgan fingerprint density at radius 1 is 1.14 bits per heavy atom. The van der Waals surface area contributed by atoms with Gasteiger partial charge >= 0.3 is 0 Å². The summed E-state index contributed by atoms with van der Waals surface area (Å²) in [5.41, 5.74) is 0. The van der Waals surface area contributed by atoms with Crippen LogP contribution in [-0.4, -0.2) is 68.4 Å². The smallest absolute Gasteiger partial charge is 0.236 e. The van der Waals surface area contributed by atoms with Gasteiger partial charge < -0.3 is 4.90 Å². The van der Waals surface area contributed by atoms with Crippen LogP contribution in [0.25, 0.3) is 0 Å². The van der Waals surface area contributed by atoms with Gasteiger partial charge in [-0.05, 0) is 38.1 Å². The van der Waals surface area contributed by atoms with E-state index in [0.29, 0.717) is 31.2 Å². The van der Waals surface area contributed by atoms with E-state index in [-0.39, 0.29) is 23.5 Å². The van der Waals surface area contributed by atoms with Gasteiger partial charge in [0.2, 0.25) is 5.91 Å². The highest BCUT2D eigenvalue weighted by atomic mass is 32.2. The molecule has 122 valence electrons. The van der Waals surface area contributed by atoms with E-state index < -0.39 is 9.84 Å². The second-order valence-corrected chi connectivity index (χ2v) is 9.35. The van der Waals surface area contributed by atoms with E-state index in [1.807, 2.05) is 16.8 Å². The minimum atomic E-state index is -2.83. The number of sulfone groups is 1. The van der Waals surface area contributed by atoms with Gasteiger partial charge in [-0.25, -0.2) is 8.42 Å². The number of rotatable bonds is 3. The molecule has 0 aromatic rings. The number of piperidine rings is 1. The molecule has 2 aliphatic heterocycles. The number of carbonyl (C=O) groups is 1. The molecule has 1 amide bonds. The fourth-order valence-electron chi connectivity index (χ4n) is 3.63. The molecule has 5 nitrogen and oxygen atoms in total. The summed E-state index contributed by atoms with van der Waals surface area (Å²) < 4.78 is 22.9. The Hall–Kier alpha value is -0.620. The van der Waals surface area contributed by atoms with Crippen molar-refractivity contribution in [3.05, 3.63) is 0 Å². The lowest BCUT2D eigenvalue weighted by Gasteiger charge is -2.37. The SMILES string of the molecule is CC1CC(C)CN(C(=O)CN(C)C2CCS(=O)(=O)CC2)C1. The zero-order valence-electron chi connectivity index (χ0n) is 13.4. The lowest BCUT2D eigenvalue weighted by atomic mass is 9.92. The first-order chi connectivity index (χ1) is 9.77. The minimum Gasteiger partial charge on any atom is -0.341 e. The summed E-state index contributed by atoms with van der Waals surface area (Å²) in [7, 11) is -0.893. The zero-order chi connectivity index (χ0) is 15.6. The number of hydrogen-bond acceptors (Lipinski definition) is 4. The molecule has 0 aliphatic carbocycles. The van der Waals surface area contributed by atoms with Gasteiger partial charge in [0.15, 0.2) is 0 Å². The number of carbonyl (C=O) groups excluding carboxylic acids is 1. The first kappa shape index (κ1) is 16.7. The third-order valence-corrected chi connectivity index (χ3v) is 6.47. The zero-order valence-corrected chi connectivity index (χ0v) is 14.2. The lowest BCUT2D eigenvalue weighted by Crippen LogP contribution is -2.49. The summed E-state index contributed by atoms with van der Waals surface area (Å²) in [4.78, 5) is 16.5. The first-order valence-corrected chi connectivity index (χ1v) is 9.77. The molecule has 0 aromatic carbocycles. The van der Waals surface area contributed by atoms with E-state index in [2.05, 4.69) is 13.8 Å². The maximum absolute atomic E-state index is 12.4. The molecule has 21 heavy (non-hydrogen) atoms. The average molecular weight is 316 g/mol. The van der Waals surface area contributed by atoms with Crippen LogP contribution in [0.2, 0.25) is 0 Å². The molecule has 0 bridgehead atoms. The van der Waals surface area contributed by atoms with E-state index in [1.54, 1.807) is 0 Å². The number of amides is 1. The van der Waals surface area contributed by atoms with E-state index >= 15 is 0 Å². The van der Waals surface area contributed by atoms with Crippen molar-refractivity contribution in [1.29, 1.82) is 0 Å². The molecule has 6 heteroatoms. The molecule has 0 N–H and O–H groups in total. The molecule has 2 unspecified atom stereocenters. The van der Waals surface area contributed by atoms with Crippen LogP contribution in [0, 0.1) is 11.8 Å². The molecule has 2 fully saturated rings. The Balaban J connectivity index is 1.84. The van der Waals surface area contributed by atoms with Crippen LogP contribution < -0.4 is 0 Å². The molecule has 2 aliphatic rings. The number of nitrogens with zero attached hydrogens (tertiary/aromatic N) is 2. The van der Waals surface area contributed by atoms with Crippen LogP contribution in [0.4, 0.5) is 0 Å². The van der Waals surface area contributed by atoms with Crippen LogP contribution in [0.15, 0.2) is 0 Å². The fraction of sp³-hybridized carbons (Fsp3) is 0.933. The predicted octanol–water partition coefficient (Wildman–Crippen LogP) is 1.000. The van der Waals surface area contributed by atoms with E-state index in [1.165, 1.54) is 6.42 Å². The molecule has 0 aromatic heterocycles. The third-order valence-electron chi connectivity index (χ3n) is 4.75. The number of hydrogen-bond donors (Lipinski definition) is 0. The molecule has 0 saturated carbocycles. The van der Waals surface area contributed by atoms with Crippen molar-refractivity contribution in [2.24, 2.45) is 11.8 Å². The maximum Gasteiger partial charge on any atom is 0.236 e. The van der Waals surface area contributed by atoms with Crippen molar-refractivity contribution in [2.45, 2.75) is 39.2 Å². The summed E-state index contributed by atoms with van der Waals surface area (Å²) in [6.07, 6.45) is 2.50. The van der Waals surface area contributed by atoms with Gasteiger partial charge in [-0.2, -0.15) is 0 Å². The highest BCUT2D eigenvalue weighted by Gasteiger charge is 2.30. The van der Waals surface area contributed by atoms with Crippen molar-refractivity contribution in [3.8, 4) is 0 Å². The summed E-state index contributed by atoms with van der Waals surface area (Å²) in [6, 6.07) is 0.220. The quantitative estimate of drug-likeness (QED) is 0.779. The largest absolute Gasteiger partial charge is 0.341 e. The first-order valence-electron chi connectivity index (χ1n) is 7.95. The molecule has 2 saturated heterocycles. The van der Waals surface area contributed by atoms with E-state index in [4.69, 9.17) is 0 Å². The van der Waals surface area contributed by atoms with Gasteiger partial charge in [0.25, 0.3) is 0 Å². The van der Waals surface area contributed by atoms with E-state index in [9.17, 15) is 13.2 Å². The van der Waals surface area contributed by atoms with Crippen LogP contribution in [0.1, 0.15) is 33.1 Å². The van der Waals surface area contributed by atoms with Crippen LogP contribution in [0.5, 0.6) is 0 Å². The van der Waals surface area contributed by atoms with Gasteiger partial charge in [0.1, 0.15) is 9.84 Å². The Labute approximate surface area is 128 Å². The fourth-order valence-corrected chi connectivity index (χ4v) is 5.09. The third kappa shape index (κ3) is 4.68. The Kier molecular flexibility index (Phi) is 5.30. The van der Waals surface area contributed by atoms with Crippen molar-refractivity contribution in [2.75, 3.05) is 38.2 Å². The Morgan fingerprint density at radius 3 is 2.19 bits per heavy atom. The van der Waals surface area contributed by atoms with Crippen LogP contribution in [0.3, 0.4) is 0 Å². The topological polar surface area (TPSA) is 57.7 Å². The van der Waals surface area contributed by atoms with Gasteiger partial charge in [-0.15, -0.1) is 0 Å². The highest BCUT2D eigenvalue weighted by molar-refractivity contribution is 7.91. The second kappa shape index (κ2) is 6.65. The molecule has 2 atom stereocenters. The maximum atomic E-state index is 12.4. The van der Waals surface area contributed by atoms with Crippen molar-refractivity contribution < 1.29 is 13.2 Å². The molecular weight excluding hydrogens is 288 g/mol. The number of likely N-dealkylation sites (tertiary alicyclic amines) is 1. The summed E-state index contributed by atoms with van der Waals surface area (Å²) in [5.74, 6) is 1.84. The molecule has 0 spiro atoms. The predicted molar refractivity (Wildman–Crippen MR) is 83.8 cm³/mol. The molecule has 2 heterocycles. The van der Waals surface area contributed by atoms with Gasteiger partial charge in [0.05, 0.1) is 18.1 Å². The minimum absolute atomic E-state index is 0.185. The van der Waals surface area contributed by atoms with Gasteiger partial charge in [-0.3, -0.25) is 9.69 Å². The normalized spacial score (nSPS) is 30.6. The molecular formula is C15H28N2O3S. The van der Waals surface area contributed by atoms with E-state index in [0.717, 1.165) is 13.1 Å². The second-order valence-electron chi connectivity index (χ2n) is 7.04. The average Bonchev–Trinajstić information content (AvgIpc) is 2.37. The summed E-state index contributed by atoms with van der Waals surface area (Å²) in [6.45, 7) is 6.52. The Bertz CT molecular complexity index is 453. The molecule has 0 radical (unpaired) electrons.